The monoisotopic (exact) mass is 220 g/mol. The first-order valence-corrected chi connectivity index (χ1v) is 4.94. The van der Waals surface area contributed by atoms with Gasteiger partial charge in [0, 0.05) is 10.8 Å². The Morgan fingerprint density at radius 2 is 2.12 bits per heavy atom. The first kappa shape index (κ1) is 11.0. The van der Waals surface area contributed by atoms with Gasteiger partial charge >= 0.3 is 7.12 Å². The number of rotatable bonds is 2. The van der Waals surface area contributed by atoms with Crippen LogP contribution in [0.1, 0.15) is 12.5 Å². The van der Waals surface area contributed by atoms with E-state index >= 15 is 0 Å². The number of aromatic nitrogens is 2. The summed E-state index contributed by atoms with van der Waals surface area (Å²) in [5, 5.41) is 26.3. The maximum atomic E-state index is 13.6. The largest absolute Gasteiger partial charge is 0.490 e. The van der Waals surface area contributed by atoms with E-state index in [2.05, 4.69) is 10.2 Å². The second kappa shape index (κ2) is 4.15. The molecule has 4 nitrogen and oxygen atoms in total. The molecule has 2 aromatic rings. The number of hydrogen-bond acceptors (Lipinski definition) is 4. The van der Waals surface area contributed by atoms with Crippen LogP contribution in [-0.2, 0) is 6.42 Å². The molecular weight excluding hydrogens is 210 g/mol. The summed E-state index contributed by atoms with van der Waals surface area (Å²) in [5.41, 5.74) is 1.07. The predicted molar refractivity (Wildman–Crippen MR) is 58.7 cm³/mol. The molecule has 1 heterocycles. The van der Waals surface area contributed by atoms with Gasteiger partial charge in [-0.25, -0.2) is 4.39 Å². The van der Waals surface area contributed by atoms with Gasteiger partial charge in [0.25, 0.3) is 0 Å². The van der Waals surface area contributed by atoms with E-state index in [0.717, 1.165) is 0 Å². The van der Waals surface area contributed by atoms with Crippen LogP contribution in [0.15, 0.2) is 18.3 Å². The molecule has 0 saturated carbocycles. The topological polar surface area (TPSA) is 66.2 Å². The van der Waals surface area contributed by atoms with E-state index in [-0.39, 0.29) is 11.3 Å². The SMILES string of the molecule is CCc1c(F)ccc2nncc(B(O)O)c12. The maximum Gasteiger partial charge on any atom is 0.490 e. The Hall–Kier alpha value is -1.53. The zero-order valence-corrected chi connectivity index (χ0v) is 8.68. The molecule has 1 aromatic carbocycles. The van der Waals surface area contributed by atoms with Gasteiger partial charge in [0.15, 0.2) is 0 Å². The van der Waals surface area contributed by atoms with Crippen LogP contribution in [0.4, 0.5) is 4.39 Å². The third-order valence-electron chi connectivity index (χ3n) is 2.52. The van der Waals surface area contributed by atoms with Crippen LogP contribution in [0.5, 0.6) is 0 Å². The van der Waals surface area contributed by atoms with Crippen LogP contribution in [0.3, 0.4) is 0 Å². The van der Waals surface area contributed by atoms with E-state index in [1.807, 2.05) is 0 Å². The second-order valence-electron chi connectivity index (χ2n) is 3.45. The summed E-state index contributed by atoms with van der Waals surface area (Å²) in [7, 11) is -1.68. The zero-order valence-electron chi connectivity index (χ0n) is 8.68. The molecule has 16 heavy (non-hydrogen) atoms. The van der Waals surface area contributed by atoms with Crippen molar-refractivity contribution in [3.63, 3.8) is 0 Å². The minimum atomic E-state index is -1.68. The average Bonchev–Trinajstić information content (AvgIpc) is 2.28. The van der Waals surface area contributed by atoms with Gasteiger partial charge in [-0.15, -0.1) is 0 Å². The molecule has 82 valence electrons. The van der Waals surface area contributed by atoms with Gasteiger partial charge < -0.3 is 10.0 Å². The number of hydrogen-bond donors (Lipinski definition) is 2. The first-order chi connectivity index (χ1) is 7.65. The van der Waals surface area contributed by atoms with E-state index in [9.17, 15) is 14.4 Å². The van der Waals surface area contributed by atoms with Crippen molar-refractivity contribution in [3.8, 4) is 0 Å². The van der Waals surface area contributed by atoms with Gasteiger partial charge in [-0.05, 0) is 24.1 Å². The Bertz CT molecular complexity index is 533. The first-order valence-electron chi connectivity index (χ1n) is 4.94. The molecule has 0 spiro atoms. The van der Waals surface area contributed by atoms with Crippen molar-refractivity contribution in [1.82, 2.24) is 10.2 Å². The number of aryl methyl sites for hydroxylation is 1. The molecule has 0 unspecified atom stereocenters. The lowest BCUT2D eigenvalue weighted by Crippen LogP contribution is -2.32. The molecule has 0 fully saturated rings. The fourth-order valence-corrected chi connectivity index (χ4v) is 1.77. The van der Waals surface area contributed by atoms with Crippen LogP contribution < -0.4 is 5.46 Å². The van der Waals surface area contributed by atoms with Crippen molar-refractivity contribution >= 4 is 23.5 Å². The molecule has 0 aliphatic heterocycles. The number of nitrogens with zero attached hydrogens (tertiary/aromatic N) is 2. The quantitative estimate of drug-likeness (QED) is 0.699. The molecule has 0 saturated heterocycles. The fourth-order valence-electron chi connectivity index (χ4n) is 1.77. The van der Waals surface area contributed by atoms with Gasteiger partial charge in [0.2, 0.25) is 0 Å². The highest BCUT2D eigenvalue weighted by molar-refractivity contribution is 6.61. The van der Waals surface area contributed by atoms with Gasteiger partial charge in [-0.2, -0.15) is 10.2 Å². The minimum Gasteiger partial charge on any atom is -0.423 e. The van der Waals surface area contributed by atoms with Gasteiger partial charge in [-0.3, -0.25) is 0 Å². The van der Waals surface area contributed by atoms with E-state index in [1.54, 1.807) is 6.92 Å². The molecule has 0 amide bonds. The summed E-state index contributed by atoms with van der Waals surface area (Å²) >= 11 is 0. The molecule has 2 rings (SSSR count). The fraction of sp³-hybridized carbons (Fsp3) is 0.200. The van der Waals surface area contributed by atoms with Crippen molar-refractivity contribution in [2.24, 2.45) is 0 Å². The lowest BCUT2D eigenvalue weighted by Gasteiger charge is -2.09. The summed E-state index contributed by atoms with van der Waals surface area (Å²) in [6, 6.07) is 2.78. The average molecular weight is 220 g/mol. The molecule has 0 radical (unpaired) electrons. The van der Waals surface area contributed by atoms with Crippen molar-refractivity contribution in [1.29, 1.82) is 0 Å². The summed E-state index contributed by atoms with van der Waals surface area (Å²) in [4.78, 5) is 0. The van der Waals surface area contributed by atoms with Gasteiger partial charge in [0.1, 0.15) is 5.82 Å². The second-order valence-corrected chi connectivity index (χ2v) is 3.45. The normalized spacial score (nSPS) is 10.8. The Morgan fingerprint density at radius 1 is 1.38 bits per heavy atom. The minimum absolute atomic E-state index is 0.182. The summed E-state index contributed by atoms with van der Waals surface area (Å²) in [6.45, 7) is 1.80. The van der Waals surface area contributed by atoms with Crippen LogP contribution >= 0.6 is 0 Å². The smallest absolute Gasteiger partial charge is 0.423 e. The molecule has 6 heteroatoms. The van der Waals surface area contributed by atoms with E-state index in [4.69, 9.17) is 0 Å². The highest BCUT2D eigenvalue weighted by atomic mass is 19.1. The van der Waals surface area contributed by atoms with Crippen LogP contribution in [-0.4, -0.2) is 27.4 Å². The molecule has 1 aromatic heterocycles. The van der Waals surface area contributed by atoms with Crippen molar-refractivity contribution in [2.75, 3.05) is 0 Å². The standard InChI is InChI=1S/C10H10BFN2O2/c1-2-6-8(12)3-4-9-10(6)7(11(15)16)5-13-14-9/h3-5,15-16H,2H2,1H3. The van der Waals surface area contributed by atoms with Crippen molar-refractivity contribution in [2.45, 2.75) is 13.3 Å². The Balaban J connectivity index is 2.87. The van der Waals surface area contributed by atoms with Crippen LogP contribution in [0.2, 0.25) is 0 Å². The molecule has 0 aliphatic carbocycles. The number of halogens is 1. The van der Waals surface area contributed by atoms with E-state index in [0.29, 0.717) is 22.9 Å². The summed E-state index contributed by atoms with van der Waals surface area (Å²) < 4.78 is 13.6. The van der Waals surface area contributed by atoms with Crippen molar-refractivity contribution < 1.29 is 14.4 Å². The van der Waals surface area contributed by atoms with Crippen molar-refractivity contribution in [3.05, 3.63) is 29.7 Å². The third kappa shape index (κ3) is 1.66. The molecule has 0 atom stereocenters. The molecule has 2 N–H and O–H groups in total. The number of benzene rings is 1. The Labute approximate surface area is 91.9 Å². The van der Waals surface area contributed by atoms with Gasteiger partial charge in [-0.1, -0.05) is 6.92 Å². The van der Waals surface area contributed by atoms with Gasteiger partial charge in [0.05, 0.1) is 11.7 Å². The Kier molecular flexibility index (Phi) is 2.85. The summed E-state index contributed by atoms with van der Waals surface area (Å²) in [6.07, 6.45) is 1.69. The number of fused-ring (bicyclic) bond motifs is 1. The maximum absolute atomic E-state index is 13.6. The lowest BCUT2D eigenvalue weighted by molar-refractivity contribution is 0.426. The molecule has 0 aliphatic rings. The van der Waals surface area contributed by atoms with E-state index < -0.39 is 7.12 Å². The van der Waals surface area contributed by atoms with Crippen LogP contribution in [0, 0.1) is 5.82 Å². The molecular formula is C10H10BFN2O2. The van der Waals surface area contributed by atoms with E-state index in [1.165, 1.54) is 18.3 Å². The highest BCUT2D eigenvalue weighted by Crippen LogP contribution is 2.18. The summed E-state index contributed by atoms with van der Waals surface area (Å²) in [5.74, 6) is -0.370. The predicted octanol–water partition coefficient (Wildman–Crippen LogP) is 0.0111. The lowest BCUT2D eigenvalue weighted by atomic mass is 9.78. The Morgan fingerprint density at radius 3 is 2.75 bits per heavy atom. The zero-order chi connectivity index (χ0) is 11.7. The highest BCUT2D eigenvalue weighted by Gasteiger charge is 2.19. The molecule has 0 bridgehead atoms. The third-order valence-corrected chi connectivity index (χ3v) is 2.52. The van der Waals surface area contributed by atoms with Crippen LogP contribution in [0.25, 0.3) is 10.9 Å².